The topological polar surface area (TPSA) is 47.9 Å². The Morgan fingerprint density at radius 1 is 1.19 bits per heavy atom. The second kappa shape index (κ2) is 5.94. The Morgan fingerprint density at radius 3 is 2.90 bits per heavy atom. The maximum atomic E-state index is 8.91. The van der Waals surface area contributed by atoms with Crippen molar-refractivity contribution in [1.29, 1.82) is 5.26 Å². The molecule has 0 saturated heterocycles. The Labute approximate surface area is 129 Å². The first-order valence-electron chi connectivity index (χ1n) is 6.92. The SMILES string of the molecule is N#Cc1cccc(NC(=S)NC2CCc3ccccc32)c1. The van der Waals surface area contributed by atoms with E-state index < -0.39 is 0 Å². The van der Waals surface area contributed by atoms with Crippen LogP contribution in [0.25, 0.3) is 0 Å². The highest BCUT2D eigenvalue weighted by Gasteiger charge is 2.22. The molecule has 1 aliphatic rings. The number of nitrogens with zero attached hydrogens (tertiary/aromatic N) is 1. The van der Waals surface area contributed by atoms with Crippen molar-refractivity contribution in [2.75, 3.05) is 5.32 Å². The Kier molecular flexibility index (Phi) is 3.85. The summed E-state index contributed by atoms with van der Waals surface area (Å²) in [5.41, 5.74) is 4.17. The number of aryl methyl sites for hydroxylation is 1. The smallest absolute Gasteiger partial charge is 0.171 e. The van der Waals surface area contributed by atoms with Crippen LogP contribution < -0.4 is 10.6 Å². The quantitative estimate of drug-likeness (QED) is 0.832. The highest BCUT2D eigenvalue weighted by atomic mass is 32.1. The van der Waals surface area contributed by atoms with E-state index >= 15 is 0 Å². The van der Waals surface area contributed by atoms with Gasteiger partial charge in [0, 0.05) is 5.69 Å². The number of nitriles is 1. The molecule has 0 saturated carbocycles. The summed E-state index contributed by atoms with van der Waals surface area (Å²) in [7, 11) is 0. The third-order valence-corrected chi connectivity index (χ3v) is 3.91. The largest absolute Gasteiger partial charge is 0.356 e. The van der Waals surface area contributed by atoms with Gasteiger partial charge in [0.25, 0.3) is 0 Å². The predicted molar refractivity (Wildman–Crippen MR) is 88.0 cm³/mol. The molecule has 0 heterocycles. The number of fused-ring (bicyclic) bond motifs is 1. The van der Waals surface area contributed by atoms with Gasteiger partial charge in [-0.25, -0.2) is 0 Å². The van der Waals surface area contributed by atoms with Crippen LogP contribution in [0, 0.1) is 11.3 Å². The van der Waals surface area contributed by atoms with Gasteiger partial charge in [0.15, 0.2) is 5.11 Å². The van der Waals surface area contributed by atoms with E-state index in [1.54, 1.807) is 12.1 Å². The molecule has 0 radical (unpaired) electrons. The molecule has 2 aromatic rings. The van der Waals surface area contributed by atoms with Gasteiger partial charge in [-0.1, -0.05) is 30.3 Å². The molecule has 4 heteroatoms. The van der Waals surface area contributed by atoms with E-state index in [9.17, 15) is 0 Å². The fourth-order valence-electron chi connectivity index (χ4n) is 2.70. The molecule has 3 rings (SSSR count). The molecule has 104 valence electrons. The van der Waals surface area contributed by atoms with Crippen LogP contribution in [0.15, 0.2) is 48.5 Å². The lowest BCUT2D eigenvalue weighted by atomic mass is 10.1. The second-order valence-electron chi connectivity index (χ2n) is 5.08. The van der Waals surface area contributed by atoms with Gasteiger partial charge in [-0.05, 0) is 54.4 Å². The Morgan fingerprint density at radius 2 is 2.05 bits per heavy atom. The number of anilines is 1. The van der Waals surface area contributed by atoms with Crippen LogP contribution in [0.2, 0.25) is 0 Å². The standard InChI is InChI=1S/C17H15N3S/c18-11-12-4-3-6-14(10-12)19-17(21)20-16-9-8-13-5-1-2-7-15(13)16/h1-7,10,16H,8-9H2,(H2,19,20,21). The van der Waals surface area contributed by atoms with E-state index in [4.69, 9.17) is 17.5 Å². The van der Waals surface area contributed by atoms with Crippen LogP contribution in [0.5, 0.6) is 0 Å². The third kappa shape index (κ3) is 3.04. The highest BCUT2D eigenvalue weighted by molar-refractivity contribution is 7.80. The first-order valence-corrected chi connectivity index (χ1v) is 7.32. The van der Waals surface area contributed by atoms with E-state index in [0.717, 1.165) is 18.5 Å². The van der Waals surface area contributed by atoms with E-state index in [-0.39, 0.29) is 6.04 Å². The second-order valence-corrected chi connectivity index (χ2v) is 5.49. The van der Waals surface area contributed by atoms with Crippen molar-refractivity contribution in [2.24, 2.45) is 0 Å². The normalized spacial score (nSPS) is 15.9. The zero-order valence-corrected chi connectivity index (χ0v) is 12.3. The lowest BCUT2D eigenvalue weighted by Crippen LogP contribution is -2.31. The molecule has 0 aromatic heterocycles. The average molecular weight is 293 g/mol. The van der Waals surface area contributed by atoms with Gasteiger partial charge in [0.05, 0.1) is 17.7 Å². The number of hydrogen-bond acceptors (Lipinski definition) is 2. The summed E-state index contributed by atoms with van der Waals surface area (Å²) >= 11 is 5.38. The fourth-order valence-corrected chi connectivity index (χ4v) is 2.96. The zero-order chi connectivity index (χ0) is 14.7. The van der Waals surface area contributed by atoms with Crippen LogP contribution in [0.3, 0.4) is 0 Å². The van der Waals surface area contributed by atoms with Gasteiger partial charge in [0.1, 0.15) is 0 Å². The zero-order valence-electron chi connectivity index (χ0n) is 11.5. The number of hydrogen-bond donors (Lipinski definition) is 2. The first-order chi connectivity index (χ1) is 10.3. The summed E-state index contributed by atoms with van der Waals surface area (Å²) in [4.78, 5) is 0. The van der Waals surface area contributed by atoms with E-state index in [1.165, 1.54) is 11.1 Å². The molecule has 0 aliphatic heterocycles. The maximum absolute atomic E-state index is 8.91. The highest BCUT2D eigenvalue weighted by Crippen LogP contribution is 2.30. The molecule has 0 spiro atoms. The number of nitrogens with one attached hydrogen (secondary N) is 2. The van der Waals surface area contributed by atoms with E-state index in [1.807, 2.05) is 12.1 Å². The lowest BCUT2D eigenvalue weighted by molar-refractivity contribution is 0.644. The Hall–Kier alpha value is -2.38. The minimum atomic E-state index is 0.264. The molecule has 3 nitrogen and oxygen atoms in total. The van der Waals surface area contributed by atoms with Crippen LogP contribution >= 0.6 is 12.2 Å². The summed E-state index contributed by atoms with van der Waals surface area (Å²) in [6, 6.07) is 18.1. The molecule has 2 aromatic carbocycles. The van der Waals surface area contributed by atoms with Crippen molar-refractivity contribution in [3.63, 3.8) is 0 Å². The summed E-state index contributed by atoms with van der Waals surface area (Å²) in [6.07, 6.45) is 2.14. The van der Waals surface area contributed by atoms with E-state index in [0.29, 0.717) is 10.7 Å². The lowest BCUT2D eigenvalue weighted by Gasteiger charge is -2.17. The number of rotatable bonds is 2. The third-order valence-electron chi connectivity index (χ3n) is 3.69. The van der Waals surface area contributed by atoms with Gasteiger partial charge >= 0.3 is 0 Å². The van der Waals surface area contributed by atoms with Crippen molar-refractivity contribution in [2.45, 2.75) is 18.9 Å². The summed E-state index contributed by atoms with van der Waals surface area (Å²) in [5.74, 6) is 0. The monoisotopic (exact) mass is 293 g/mol. The van der Waals surface area contributed by atoms with Crippen molar-refractivity contribution >= 4 is 23.0 Å². The molecular formula is C17H15N3S. The van der Waals surface area contributed by atoms with Gasteiger partial charge in [-0.2, -0.15) is 5.26 Å². The molecule has 1 unspecified atom stereocenters. The van der Waals surface area contributed by atoms with Crippen molar-refractivity contribution in [3.05, 3.63) is 65.2 Å². The maximum Gasteiger partial charge on any atom is 0.171 e. The number of thiocarbonyl (C=S) groups is 1. The summed E-state index contributed by atoms with van der Waals surface area (Å²) < 4.78 is 0. The molecule has 1 aliphatic carbocycles. The van der Waals surface area contributed by atoms with Gasteiger partial charge in [0.2, 0.25) is 0 Å². The van der Waals surface area contributed by atoms with E-state index in [2.05, 4.69) is 41.0 Å². The minimum absolute atomic E-state index is 0.264. The number of benzene rings is 2. The van der Waals surface area contributed by atoms with Crippen LogP contribution in [0.1, 0.15) is 29.2 Å². The van der Waals surface area contributed by atoms with Gasteiger partial charge < -0.3 is 10.6 Å². The minimum Gasteiger partial charge on any atom is -0.356 e. The molecule has 0 amide bonds. The van der Waals surface area contributed by atoms with Gasteiger partial charge in [-0.3, -0.25) is 0 Å². The fraction of sp³-hybridized carbons (Fsp3) is 0.176. The average Bonchev–Trinajstić information content (AvgIpc) is 2.91. The van der Waals surface area contributed by atoms with Crippen LogP contribution in [-0.2, 0) is 6.42 Å². The molecule has 0 fully saturated rings. The van der Waals surface area contributed by atoms with Crippen LogP contribution in [-0.4, -0.2) is 5.11 Å². The van der Waals surface area contributed by atoms with Crippen molar-refractivity contribution in [1.82, 2.24) is 5.32 Å². The molecule has 21 heavy (non-hydrogen) atoms. The summed E-state index contributed by atoms with van der Waals surface area (Å²) in [5, 5.41) is 16.0. The van der Waals surface area contributed by atoms with Gasteiger partial charge in [-0.15, -0.1) is 0 Å². The Bertz CT molecular complexity index is 718. The molecular weight excluding hydrogens is 278 g/mol. The van der Waals surface area contributed by atoms with Crippen molar-refractivity contribution < 1.29 is 0 Å². The van der Waals surface area contributed by atoms with Crippen LogP contribution in [0.4, 0.5) is 5.69 Å². The molecule has 2 N–H and O–H groups in total. The molecule has 0 bridgehead atoms. The Balaban J connectivity index is 1.66. The predicted octanol–water partition coefficient (Wildman–Crippen LogP) is 3.53. The molecule has 1 atom stereocenters. The first kappa shape index (κ1) is 13.6. The van der Waals surface area contributed by atoms with Crippen molar-refractivity contribution in [3.8, 4) is 6.07 Å². The summed E-state index contributed by atoms with van der Waals surface area (Å²) in [6.45, 7) is 0.